The van der Waals surface area contributed by atoms with Gasteiger partial charge in [0.2, 0.25) is 10.0 Å². The van der Waals surface area contributed by atoms with Crippen molar-refractivity contribution in [2.45, 2.75) is 30.8 Å². The number of rotatable bonds is 4. The number of aryl methyl sites for hydroxylation is 1. The fourth-order valence-corrected chi connectivity index (χ4v) is 4.14. The van der Waals surface area contributed by atoms with Crippen LogP contribution in [0.25, 0.3) is 0 Å². The highest BCUT2D eigenvalue weighted by molar-refractivity contribution is 7.89. The molecule has 1 fully saturated rings. The van der Waals surface area contributed by atoms with E-state index in [4.69, 9.17) is 4.74 Å². The van der Waals surface area contributed by atoms with Gasteiger partial charge in [0, 0.05) is 18.8 Å². The van der Waals surface area contributed by atoms with Crippen LogP contribution in [0.3, 0.4) is 0 Å². The summed E-state index contributed by atoms with van der Waals surface area (Å²) < 4.78 is 32.6. The largest absolute Gasteiger partial charge is 0.489 e. The SMILES string of the molecule is Cc1ccc(OC2CCN(S(=O)(=O)c3ccccc3)CC2)cn1. The van der Waals surface area contributed by atoms with Crippen LogP contribution in [0.15, 0.2) is 53.6 Å². The number of nitrogens with zero attached hydrogens (tertiary/aromatic N) is 2. The zero-order valence-corrected chi connectivity index (χ0v) is 13.9. The van der Waals surface area contributed by atoms with E-state index in [0.717, 1.165) is 11.4 Å². The van der Waals surface area contributed by atoms with E-state index in [1.54, 1.807) is 30.5 Å². The van der Waals surface area contributed by atoms with Gasteiger partial charge in [-0.2, -0.15) is 4.31 Å². The molecule has 0 amide bonds. The van der Waals surface area contributed by atoms with Crippen LogP contribution < -0.4 is 4.74 Å². The second kappa shape index (κ2) is 6.68. The smallest absolute Gasteiger partial charge is 0.243 e. The molecular formula is C17H20N2O3S. The summed E-state index contributed by atoms with van der Waals surface area (Å²) in [6.45, 7) is 2.87. The Morgan fingerprint density at radius 1 is 1.09 bits per heavy atom. The Balaban J connectivity index is 1.61. The Hall–Kier alpha value is -1.92. The lowest BCUT2D eigenvalue weighted by Gasteiger charge is -2.31. The van der Waals surface area contributed by atoms with E-state index >= 15 is 0 Å². The van der Waals surface area contributed by atoms with Crippen LogP contribution in [0.1, 0.15) is 18.5 Å². The minimum atomic E-state index is -3.40. The minimum absolute atomic E-state index is 0.0294. The summed E-state index contributed by atoms with van der Waals surface area (Å²) in [6.07, 6.45) is 3.10. The van der Waals surface area contributed by atoms with Crippen LogP contribution in [-0.2, 0) is 10.0 Å². The minimum Gasteiger partial charge on any atom is -0.489 e. The number of ether oxygens (including phenoxy) is 1. The highest BCUT2D eigenvalue weighted by atomic mass is 32.2. The first-order valence-electron chi connectivity index (χ1n) is 7.70. The van der Waals surface area contributed by atoms with Gasteiger partial charge in [0.1, 0.15) is 11.9 Å². The monoisotopic (exact) mass is 332 g/mol. The van der Waals surface area contributed by atoms with Gasteiger partial charge in [-0.1, -0.05) is 18.2 Å². The third-order valence-electron chi connectivity index (χ3n) is 3.97. The van der Waals surface area contributed by atoms with Gasteiger partial charge in [-0.15, -0.1) is 0 Å². The van der Waals surface area contributed by atoms with Gasteiger partial charge in [-0.3, -0.25) is 4.98 Å². The fourth-order valence-electron chi connectivity index (χ4n) is 2.65. The molecule has 0 unspecified atom stereocenters. The van der Waals surface area contributed by atoms with E-state index in [0.29, 0.717) is 30.8 Å². The molecule has 1 aliphatic heterocycles. The van der Waals surface area contributed by atoms with E-state index in [1.165, 1.54) is 4.31 Å². The molecule has 2 aromatic rings. The number of benzene rings is 1. The molecule has 0 atom stereocenters. The van der Waals surface area contributed by atoms with Gasteiger partial charge in [-0.05, 0) is 44.0 Å². The van der Waals surface area contributed by atoms with Gasteiger partial charge in [0.25, 0.3) is 0 Å². The molecule has 0 spiro atoms. The summed E-state index contributed by atoms with van der Waals surface area (Å²) in [5, 5.41) is 0. The Kier molecular flexibility index (Phi) is 4.63. The summed E-state index contributed by atoms with van der Waals surface area (Å²) in [5.41, 5.74) is 0.945. The fraction of sp³-hybridized carbons (Fsp3) is 0.353. The summed E-state index contributed by atoms with van der Waals surface area (Å²) in [5.74, 6) is 0.736. The van der Waals surface area contributed by atoms with E-state index in [1.807, 2.05) is 25.1 Å². The molecule has 1 aromatic heterocycles. The van der Waals surface area contributed by atoms with Crippen molar-refractivity contribution in [3.63, 3.8) is 0 Å². The van der Waals surface area contributed by atoms with Crippen molar-refractivity contribution in [1.29, 1.82) is 0 Å². The zero-order valence-electron chi connectivity index (χ0n) is 13.1. The maximum absolute atomic E-state index is 12.6. The van der Waals surface area contributed by atoms with Crippen LogP contribution in [0.4, 0.5) is 0 Å². The lowest BCUT2D eigenvalue weighted by molar-refractivity contribution is 0.134. The summed E-state index contributed by atoms with van der Waals surface area (Å²) in [6, 6.07) is 12.4. The topological polar surface area (TPSA) is 59.5 Å². The standard InChI is InChI=1S/C17H20N2O3S/c1-14-7-8-16(13-18-14)22-15-9-11-19(12-10-15)23(20,21)17-5-3-2-4-6-17/h2-8,13,15H,9-12H2,1H3. The molecule has 1 aromatic carbocycles. The van der Waals surface area contributed by atoms with E-state index < -0.39 is 10.0 Å². The first-order valence-corrected chi connectivity index (χ1v) is 9.14. The van der Waals surface area contributed by atoms with Gasteiger partial charge >= 0.3 is 0 Å². The average Bonchev–Trinajstić information content (AvgIpc) is 2.58. The summed E-state index contributed by atoms with van der Waals surface area (Å²) in [7, 11) is -3.40. The molecule has 23 heavy (non-hydrogen) atoms. The molecule has 5 nitrogen and oxygen atoms in total. The molecule has 0 radical (unpaired) electrons. The van der Waals surface area contributed by atoms with Crippen LogP contribution >= 0.6 is 0 Å². The maximum Gasteiger partial charge on any atom is 0.243 e. The number of hydrogen-bond donors (Lipinski definition) is 0. The Morgan fingerprint density at radius 3 is 2.39 bits per heavy atom. The summed E-state index contributed by atoms with van der Waals surface area (Å²) >= 11 is 0. The third-order valence-corrected chi connectivity index (χ3v) is 5.88. The number of aromatic nitrogens is 1. The molecule has 1 aliphatic rings. The van der Waals surface area contributed by atoms with Gasteiger partial charge in [0.15, 0.2) is 0 Å². The molecule has 0 aliphatic carbocycles. The number of pyridine rings is 1. The average molecular weight is 332 g/mol. The molecule has 3 rings (SSSR count). The molecular weight excluding hydrogens is 312 g/mol. The van der Waals surface area contributed by atoms with Gasteiger partial charge < -0.3 is 4.74 Å². The van der Waals surface area contributed by atoms with E-state index in [-0.39, 0.29) is 6.10 Å². The molecule has 1 saturated heterocycles. The van der Waals surface area contributed by atoms with E-state index in [2.05, 4.69) is 4.98 Å². The molecule has 0 N–H and O–H groups in total. The molecule has 122 valence electrons. The second-order valence-electron chi connectivity index (χ2n) is 5.67. The van der Waals surface area contributed by atoms with E-state index in [9.17, 15) is 8.42 Å². The molecule has 0 saturated carbocycles. The number of piperidine rings is 1. The first kappa shape index (κ1) is 16.0. The Labute approximate surface area is 137 Å². The van der Waals surface area contributed by atoms with Crippen LogP contribution in [-0.4, -0.2) is 36.9 Å². The lowest BCUT2D eigenvalue weighted by atomic mass is 10.1. The molecule has 2 heterocycles. The van der Waals surface area contributed by atoms with Gasteiger partial charge in [-0.25, -0.2) is 8.42 Å². The first-order chi connectivity index (χ1) is 11.1. The number of hydrogen-bond acceptors (Lipinski definition) is 4. The normalized spacial score (nSPS) is 17.1. The van der Waals surface area contributed by atoms with Crippen molar-refractivity contribution in [3.8, 4) is 5.75 Å². The van der Waals surface area contributed by atoms with Crippen molar-refractivity contribution in [2.24, 2.45) is 0 Å². The second-order valence-corrected chi connectivity index (χ2v) is 7.61. The lowest BCUT2D eigenvalue weighted by Crippen LogP contribution is -2.41. The predicted molar refractivity (Wildman–Crippen MR) is 87.8 cm³/mol. The summed E-state index contributed by atoms with van der Waals surface area (Å²) in [4.78, 5) is 4.56. The highest BCUT2D eigenvalue weighted by Crippen LogP contribution is 2.23. The van der Waals surface area contributed by atoms with Crippen molar-refractivity contribution < 1.29 is 13.2 Å². The van der Waals surface area contributed by atoms with Crippen molar-refractivity contribution in [2.75, 3.05) is 13.1 Å². The quantitative estimate of drug-likeness (QED) is 0.863. The molecule has 6 heteroatoms. The highest BCUT2D eigenvalue weighted by Gasteiger charge is 2.29. The predicted octanol–water partition coefficient (Wildman–Crippen LogP) is 2.62. The van der Waals surface area contributed by atoms with Crippen LogP contribution in [0.5, 0.6) is 5.75 Å². The zero-order chi connectivity index (χ0) is 16.3. The Bertz CT molecular complexity index is 737. The molecule has 0 bridgehead atoms. The maximum atomic E-state index is 12.6. The van der Waals surface area contributed by atoms with Crippen molar-refractivity contribution in [1.82, 2.24) is 9.29 Å². The number of sulfonamides is 1. The third kappa shape index (κ3) is 3.71. The van der Waals surface area contributed by atoms with Crippen LogP contribution in [0, 0.1) is 6.92 Å². The van der Waals surface area contributed by atoms with Crippen molar-refractivity contribution >= 4 is 10.0 Å². The van der Waals surface area contributed by atoms with Crippen molar-refractivity contribution in [3.05, 3.63) is 54.4 Å². The van der Waals surface area contributed by atoms with Gasteiger partial charge in [0.05, 0.1) is 11.1 Å². The Morgan fingerprint density at radius 2 is 1.78 bits per heavy atom. The van der Waals surface area contributed by atoms with Crippen LogP contribution in [0.2, 0.25) is 0 Å².